The van der Waals surface area contributed by atoms with Gasteiger partial charge in [0.1, 0.15) is 9.84 Å². The Balaban J connectivity index is 1.83. The Hall–Kier alpha value is -0.990. The zero-order chi connectivity index (χ0) is 15.5. The van der Waals surface area contributed by atoms with Crippen LogP contribution in [0.3, 0.4) is 0 Å². The summed E-state index contributed by atoms with van der Waals surface area (Å²) < 4.78 is 27.7. The molecule has 0 amide bonds. The number of hydrogen-bond acceptors (Lipinski definition) is 7. The SMILES string of the molecule is CCc1noc([C@H](C)N2CCN(CCS(C)(=O)=O)CC2)n1. The summed E-state index contributed by atoms with van der Waals surface area (Å²) in [6, 6.07) is 0.106. The van der Waals surface area contributed by atoms with Crippen molar-refractivity contribution < 1.29 is 12.9 Å². The van der Waals surface area contributed by atoms with E-state index in [1.807, 2.05) is 6.92 Å². The highest BCUT2D eigenvalue weighted by atomic mass is 32.2. The molecular weight excluding hydrogens is 292 g/mol. The van der Waals surface area contributed by atoms with E-state index in [0.717, 1.165) is 38.4 Å². The fourth-order valence-corrected chi connectivity index (χ4v) is 3.00. The predicted molar refractivity (Wildman–Crippen MR) is 79.8 cm³/mol. The quantitative estimate of drug-likeness (QED) is 0.749. The van der Waals surface area contributed by atoms with Crippen LogP contribution >= 0.6 is 0 Å². The van der Waals surface area contributed by atoms with E-state index in [9.17, 15) is 8.42 Å². The molecule has 2 heterocycles. The lowest BCUT2D eigenvalue weighted by Gasteiger charge is -2.36. The molecule has 1 aromatic rings. The molecule has 0 bridgehead atoms. The Bertz CT molecular complexity index is 550. The number of piperazine rings is 1. The van der Waals surface area contributed by atoms with Crippen LogP contribution in [0.4, 0.5) is 0 Å². The maximum Gasteiger partial charge on any atom is 0.243 e. The van der Waals surface area contributed by atoms with E-state index in [2.05, 4.69) is 26.9 Å². The number of sulfone groups is 1. The first-order valence-corrected chi connectivity index (χ1v) is 9.41. The number of hydrogen-bond donors (Lipinski definition) is 0. The van der Waals surface area contributed by atoms with Crippen LogP contribution < -0.4 is 0 Å². The van der Waals surface area contributed by atoms with Crippen LogP contribution in [0.1, 0.15) is 31.6 Å². The Kier molecular flexibility index (Phi) is 5.34. The van der Waals surface area contributed by atoms with E-state index in [4.69, 9.17) is 4.52 Å². The van der Waals surface area contributed by atoms with Crippen LogP contribution in [-0.2, 0) is 16.3 Å². The molecule has 21 heavy (non-hydrogen) atoms. The van der Waals surface area contributed by atoms with E-state index in [1.165, 1.54) is 6.26 Å². The molecule has 1 aromatic heterocycles. The number of rotatable bonds is 6. The average Bonchev–Trinajstić information content (AvgIpc) is 2.93. The van der Waals surface area contributed by atoms with Crippen LogP contribution in [0, 0.1) is 0 Å². The number of aryl methyl sites for hydroxylation is 1. The summed E-state index contributed by atoms with van der Waals surface area (Å²) >= 11 is 0. The molecule has 0 spiro atoms. The summed E-state index contributed by atoms with van der Waals surface area (Å²) in [5.41, 5.74) is 0. The lowest BCUT2D eigenvalue weighted by molar-refractivity contribution is 0.0917. The molecule has 0 radical (unpaired) electrons. The zero-order valence-electron chi connectivity index (χ0n) is 12.9. The minimum Gasteiger partial charge on any atom is -0.338 e. The fraction of sp³-hybridized carbons (Fsp3) is 0.846. The normalized spacial score (nSPS) is 19.8. The van der Waals surface area contributed by atoms with E-state index in [-0.39, 0.29) is 11.8 Å². The van der Waals surface area contributed by atoms with Crippen molar-refractivity contribution in [2.24, 2.45) is 0 Å². The van der Waals surface area contributed by atoms with Gasteiger partial charge in [0.25, 0.3) is 0 Å². The molecule has 1 saturated heterocycles. The predicted octanol–water partition coefficient (Wildman–Crippen LogP) is 0.355. The van der Waals surface area contributed by atoms with Crippen molar-refractivity contribution in [2.45, 2.75) is 26.3 Å². The van der Waals surface area contributed by atoms with Gasteiger partial charge in [0.2, 0.25) is 5.89 Å². The third-order valence-corrected chi connectivity index (χ3v) is 4.81. The second-order valence-electron chi connectivity index (χ2n) is 5.59. The van der Waals surface area contributed by atoms with Gasteiger partial charge in [-0.3, -0.25) is 9.80 Å². The van der Waals surface area contributed by atoms with E-state index >= 15 is 0 Å². The lowest BCUT2D eigenvalue weighted by Crippen LogP contribution is -2.48. The van der Waals surface area contributed by atoms with Crippen LogP contribution in [0.2, 0.25) is 0 Å². The first kappa shape index (κ1) is 16.4. The zero-order valence-corrected chi connectivity index (χ0v) is 13.8. The molecule has 0 unspecified atom stereocenters. The van der Waals surface area contributed by atoms with Crippen molar-refractivity contribution in [3.63, 3.8) is 0 Å². The highest BCUT2D eigenvalue weighted by Crippen LogP contribution is 2.20. The molecular formula is C13H24N4O3S. The van der Waals surface area contributed by atoms with Crippen molar-refractivity contribution in [1.29, 1.82) is 0 Å². The average molecular weight is 316 g/mol. The first-order chi connectivity index (χ1) is 9.89. The summed E-state index contributed by atoms with van der Waals surface area (Å²) in [6.07, 6.45) is 2.06. The summed E-state index contributed by atoms with van der Waals surface area (Å²) in [5, 5.41) is 3.93. The Morgan fingerprint density at radius 1 is 1.29 bits per heavy atom. The monoisotopic (exact) mass is 316 g/mol. The van der Waals surface area contributed by atoms with Crippen LogP contribution in [0.5, 0.6) is 0 Å². The molecule has 8 heteroatoms. The summed E-state index contributed by atoms with van der Waals surface area (Å²) in [4.78, 5) is 8.86. The van der Waals surface area contributed by atoms with E-state index < -0.39 is 9.84 Å². The Labute approximate surface area is 126 Å². The molecule has 120 valence electrons. The van der Waals surface area contributed by atoms with Crippen LogP contribution in [0.15, 0.2) is 4.52 Å². The smallest absolute Gasteiger partial charge is 0.243 e. The second-order valence-corrected chi connectivity index (χ2v) is 7.85. The lowest BCUT2D eigenvalue weighted by atomic mass is 10.2. The largest absolute Gasteiger partial charge is 0.338 e. The van der Waals surface area contributed by atoms with Gasteiger partial charge in [0.05, 0.1) is 11.8 Å². The molecule has 1 aliphatic rings. The van der Waals surface area contributed by atoms with Crippen molar-refractivity contribution in [1.82, 2.24) is 19.9 Å². The second kappa shape index (κ2) is 6.85. The van der Waals surface area contributed by atoms with Crippen molar-refractivity contribution >= 4 is 9.84 Å². The summed E-state index contributed by atoms with van der Waals surface area (Å²) in [5.74, 6) is 1.63. The number of nitrogens with zero attached hydrogens (tertiary/aromatic N) is 4. The van der Waals surface area contributed by atoms with E-state index in [0.29, 0.717) is 12.4 Å². The molecule has 0 aromatic carbocycles. The Morgan fingerprint density at radius 3 is 2.48 bits per heavy atom. The van der Waals surface area contributed by atoms with Gasteiger partial charge < -0.3 is 4.52 Å². The van der Waals surface area contributed by atoms with Gasteiger partial charge in [-0.2, -0.15) is 4.98 Å². The van der Waals surface area contributed by atoms with Gasteiger partial charge in [-0.05, 0) is 6.92 Å². The maximum atomic E-state index is 11.2. The van der Waals surface area contributed by atoms with Crippen molar-refractivity contribution in [3.05, 3.63) is 11.7 Å². The van der Waals surface area contributed by atoms with Gasteiger partial charge in [-0.15, -0.1) is 0 Å². The third-order valence-electron chi connectivity index (χ3n) is 3.89. The summed E-state index contributed by atoms with van der Waals surface area (Å²) in [7, 11) is -2.89. The standard InChI is InChI=1S/C13H24N4O3S/c1-4-12-14-13(20-15-12)11(2)17-7-5-16(6-8-17)9-10-21(3,18)19/h11H,4-10H2,1-3H3/t11-/m0/s1. The Morgan fingerprint density at radius 2 is 1.95 bits per heavy atom. The molecule has 0 N–H and O–H groups in total. The molecule has 0 aliphatic carbocycles. The van der Waals surface area contributed by atoms with Gasteiger partial charge >= 0.3 is 0 Å². The molecule has 1 atom stereocenters. The van der Waals surface area contributed by atoms with Gasteiger partial charge in [-0.1, -0.05) is 12.1 Å². The minimum absolute atomic E-state index is 0.106. The molecule has 7 nitrogen and oxygen atoms in total. The maximum absolute atomic E-state index is 11.2. The van der Waals surface area contributed by atoms with Crippen LogP contribution in [-0.4, -0.2) is 73.1 Å². The molecule has 1 fully saturated rings. The van der Waals surface area contributed by atoms with Gasteiger partial charge in [-0.25, -0.2) is 8.42 Å². The molecule has 1 aliphatic heterocycles. The highest BCUT2D eigenvalue weighted by molar-refractivity contribution is 7.90. The fourth-order valence-electron chi connectivity index (χ4n) is 2.41. The minimum atomic E-state index is -2.89. The van der Waals surface area contributed by atoms with Crippen LogP contribution in [0.25, 0.3) is 0 Å². The molecule has 2 rings (SSSR count). The summed E-state index contributed by atoms with van der Waals surface area (Å²) in [6.45, 7) is 8.19. The van der Waals surface area contributed by atoms with Crippen molar-refractivity contribution in [3.8, 4) is 0 Å². The molecule has 0 saturated carbocycles. The highest BCUT2D eigenvalue weighted by Gasteiger charge is 2.25. The number of aromatic nitrogens is 2. The van der Waals surface area contributed by atoms with Crippen molar-refractivity contribution in [2.75, 3.05) is 44.7 Å². The van der Waals surface area contributed by atoms with E-state index in [1.54, 1.807) is 0 Å². The topological polar surface area (TPSA) is 79.5 Å². The van der Waals surface area contributed by atoms with Gasteiger partial charge in [0, 0.05) is 45.4 Å². The third kappa shape index (κ3) is 4.76. The first-order valence-electron chi connectivity index (χ1n) is 7.35. The van der Waals surface area contributed by atoms with Gasteiger partial charge in [0.15, 0.2) is 5.82 Å².